The van der Waals surface area contributed by atoms with Gasteiger partial charge in [-0.15, -0.1) is 0 Å². The highest BCUT2D eigenvalue weighted by molar-refractivity contribution is 7.95. The molecule has 3 aromatic carbocycles. The zero-order chi connectivity index (χ0) is 19.7. The van der Waals surface area contributed by atoms with Crippen LogP contribution in [-0.4, -0.2) is 16.1 Å². The van der Waals surface area contributed by atoms with Crippen molar-refractivity contribution in [1.82, 2.24) is 0 Å². The maximum Gasteiger partial charge on any atom is 0.182 e. The summed E-state index contributed by atoms with van der Waals surface area (Å²) in [6.07, 6.45) is 0.00483. The average Bonchev–Trinajstić information content (AvgIpc) is 2.97. The lowest BCUT2D eigenvalue weighted by Crippen LogP contribution is -2.39. The molecule has 28 heavy (non-hydrogen) atoms. The van der Waals surface area contributed by atoms with Gasteiger partial charge in [0.1, 0.15) is 10.3 Å². The molecule has 0 aliphatic heterocycles. The Balaban J connectivity index is 1.80. The number of ketones is 2. The summed E-state index contributed by atoms with van der Waals surface area (Å²) in [6, 6.07) is 24.8. The van der Waals surface area contributed by atoms with E-state index >= 15 is 0 Å². The van der Waals surface area contributed by atoms with E-state index in [1.807, 2.05) is 12.1 Å². The predicted octanol–water partition coefficient (Wildman–Crippen LogP) is 4.72. The molecule has 0 aromatic heterocycles. The van der Waals surface area contributed by atoms with Crippen LogP contribution in [0.4, 0.5) is 0 Å². The van der Waals surface area contributed by atoms with Crippen molar-refractivity contribution in [3.8, 4) is 0 Å². The number of hydrogen-bond acceptors (Lipinski definition) is 3. The summed E-state index contributed by atoms with van der Waals surface area (Å²) in [4.78, 5) is 27.9. The van der Waals surface area contributed by atoms with E-state index < -0.39 is 16.6 Å². The van der Waals surface area contributed by atoms with Crippen LogP contribution in [0, 0.1) is 0 Å². The number of rotatable bonds is 5. The van der Waals surface area contributed by atoms with Crippen LogP contribution in [0.15, 0.2) is 101 Å². The largest absolute Gasteiger partial charge is 0.607 e. The third-order valence-electron chi connectivity index (χ3n) is 5.14. The highest BCUT2D eigenvalue weighted by Gasteiger charge is 2.55. The third kappa shape index (κ3) is 2.82. The Bertz CT molecular complexity index is 1020. The number of carbonyl (C=O) groups is 2. The first-order valence-corrected chi connectivity index (χ1v) is 10.1. The molecule has 1 aliphatic carbocycles. The van der Waals surface area contributed by atoms with Crippen LogP contribution in [0.1, 0.15) is 32.7 Å². The minimum atomic E-state index is -1.52. The highest BCUT2D eigenvalue weighted by Crippen LogP contribution is 2.45. The van der Waals surface area contributed by atoms with Crippen molar-refractivity contribution in [2.75, 3.05) is 0 Å². The Hall–Kier alpha value is -2.95. The molecular formula is C24H18O3S. The molecule has 0 saturated heterocycles. The standard InChI is InChI=1S/C24H18O3S/c1-17(28(27)19-12-6-3-7-13-19)16-24(18-10-4-2-5-11-18)22(25)20-14-8-9-15-21(20)23(24)26/h2-15H,1,16H2. The van der Waals surface area contributed by atoms with Crippen molar-refractivity contribution in [2.45, 2.75) is 16.7 Å². The highest BCUT2D eigenvalue weighted by atomic mass is 32.2. The number of Topliss-reactive ketones (excluding diaryl/α,β-unsaturated/α-hetero) is 2. The number of carbonyl (C=O) groups excluding carboxylic acids is 2. The van der Waals surface area contributed by atoms with Crippen molar-refractivity contribution in [3.63, 3.8) is 0 Å². The van der Waals surface area contributed by atoms with E-state index in [-0.39, 0.29) is 18.0 Å². The molecule has 1 atom stereocenters. The second kappa shape index (κ2) is 7.23. The smallest absolute Gasteiger partial charge is 0.182 e. The average molecular weight is 386 g/mol. The molecule has 1 aliphatic rings. The van der Waals surface area contributed by atoms with Crippen molar-refractivity contribution in [2.24, 2.45) is 0 Å². The number of hydrogen-bond donors (Lipinski definition) is 0. The summed E-state index contributed by atoms with van der Waals surface area (Å²) in [5.74, 6) is -0.518. The van der Waals surface area contributed by atoms with Gasteiger partial charge in [-0.25, -0.2) is 0 Å². The first kappa shape index (κ1) is 18.4. The Morgan fingerprint density at radius 3 is 1.79 bits per heavy atom. The Labute approximate surface area is 166 Å². The molecule has 0 heterocycles. The number of allylic oxidation sites excluding steroid dienone is 1. The van der Waals surface area contributed by atoms with E-state index in [0.717, 1.165) is 0 Å². The maximum absolute atomic E-state index is 13.5. The first-order chi connectivity index (χ1) is 13.6. The van der Waals surface area contributed by atoms with E-state index in [4.69, 9.17) is 0 Å². The fraction of sp³-hybridized carbons (Fsp3) is 0.0833. The summed E-state index contributed by atoms with van der Waals surface area (Å²) >= 11 is -1.52. The first-order valence-electron chi connectivity index (χ1n) is 8.94. The molecule has 4 heteroatoms. The van der Waals surface area contributed by atoms with E-state index in [0.29, 0.717) is 26.5 Å². The lowest BCUT2D eigenvalue weighted by molar-refractivity contribution is 0.0795. The molecular weight excluding hydrogens is 368 g/mol. The normalized spacial score (nSPS) is 15.9. The molecule has 0 bridgehead atoms. The van der Waals surface area contributed by atoms with Gasteiger partial charge in [-0.05, 0) is 24.3 Å². The van der Waals surface area contributed by atoms with Crippen molar-refractivity contribution >= 4 is 22.7 Å². The van der Waals surface area contributed by atoms with Gasteiger partial charge in [0.25, 0.3) is 0 Å². The number of benzene rings is 3. The van der Waals surface area contributed by atoms with Crippen LogP contribution in [0.2, 0.25) is 0 Å². The summed E-state index contributed by atoms with van der Waals surface area (Å²) in [5.41, 5.74) is 0.00337. The molecule has 138 valence electrons. The van der Waals surface area contributed by atoms with Gasteiger partial charge in [0.2, 0.25) is 0 Å². The Morgan fingerprint density at radius 2 is 1.25 bits per heavy atom. The molecule has 3 nitrogen and oxygen atoms in total. The van der Waals surface area contributed by atoms with Crippen LogP contribution in [0.25, 0.3) is 0 Å². The van der Waals surface area contributed by atoms with E-state index in [1.165, 1.54) is 0 Å². The summed E-state index contributed by atoms with van der Waals surface area (Å²) in [7, 11) is 0. The lowest BCUT2D eigenvalue weighted by atomic mass is 9.73. The van der Waals surface area contributed by atoms with Crippen LogP contribution in [0.3, 0.4) is 0 Å². The molecule has 0 spiro atoms. The number of fused-ring (bicyclic) bond motifs is 1. The van der Waals surface area contributed by atoms with Gasteiger partial charge in [-0.3, -0.25) is 9.59 Å². The topological polar surface area (TPSA) is 57.2 Å². The molecule has 0 radical (unpaired) electrons. The molecule has 0 amide bonds. The summed E-state index contributed by atoms with van der Waals surface area (Å²) < 4.78 is 13.0. The molecule has 3 aromatic rings. The maximum atomic E-state index is 13.5. The minimum absolute atomic E-state index is 0.00483. The van der Waals surface area contributed by atoms with E-state index in [2.05, 4.69) is 6.58 Å². The van der Waals surface area contributed by atoms with Crippen LogP contribution in [-0.2, 0) is 16.6 Å². The van der Waals surface area contributed by atoms with Crippen LogP contribution < -0.4 is 0 Å². The van der Waals surface area contributed by atoms with Gasteiger partial charge >= 0.3 is 0 Å². The monoisotopic (exact) mass is 386 g/mol. The summed E-state index contributed by atoms with van der Waals surface area (Å²) in [6.45, 7) is 3.99. The van der Waals surface area contributed by atoms with Crippen molar-refractivity contribution in [1.29, 1.82) is 0 Å². The van der Waals surface area contributed by atoms with Crippen LogP contribution in [0.5, 0.6) is 0 Å². The van der Waals surface area contributed by atoms with Gasteiger partial charge in [-0.2, -0.15) is 0 Å². The Kier molecular flexibility index (Phi) is 4.75. The van der Waals surface area contributed by atoms with Crippen LogP contribution >= 0.6 is 0 Å². The predicted molar refractivity (Wildman–Crippen MR) is 110 cm³/mol. The molecule has 0 fully saturated rings. The van der Waals surface area contributed by atoms with Gasteiger partial charge in [0.15, 0.2) is 16.5 Å². The molecule has 0 N–H and O–H groups in total. The second-order valence-corrected chi connectivity index (χ2v) is 8.36. The van der Waals surface area contributed by atoms with Gasteiger partial charge < -0.3 is 4.55 Å². The van der Waals surface area contributed by atoms with Gasteiger partial charge in [0, 0.05) is 28.7 Å². The quantitative estimate of drug-likeness (QED) is 0.471. The lowest BCUT2D eigenvalue weighted by Gasteiger charge is -2.27. The second-order valence-electron chi connectivity index (χ2n) is 6.77. The molecule has 4 rings (SSSR count). The Morgan fingerprint density at radius 1 is 0.786 bits per heavy atom. The fourth-order valence-electron chi connectivity index (χ4n) is 3.76. The van der Waals surface area contributed by atoms with E-state index in [1.54, 1.807) is 72.8 Å². The van der Waals surface area contributed by atoms with E-state index in [9.17, 15) is 14.1 Å². The molecule has 1 unspecified atom stereocenters. The minimum Gasteiger partial charge on any atom is -0.607 e. The third-order valence-corrected chi connectivity index (χ3v) is 6.51. The fourth-order valence-corrected chi connectivity index (χ4v) is 4.85. The van der Waals surface area contributed by atoms with Crippen molar-refractivity contribution in [3.05, 3.63) is 113 Å². The summed E-state index contributed by atoms with van der Waals surface area (Å²) in [5, 5.41) is 0. The van der Waals surface area contributed by atoms with Crippen molar-refractivity contribution < 1.29 is 14.1 Å². The zero-order valence-electron chi connectivity index (χ0n) is 15.1. The molecule has 0 saturated carbocycles. The van der Waals surface area contributed by atoms with Gasteiger partial charge in [-0.1, -0.05) is 72.8 Å². The van der Waals surface area contributed by atoms with Gasteiger partial charge in [0.05, 0.1) is 0 Å². The SMILES string of the molecule is C=C(CC1(c2ccccc2)C(=O)c2ccccc2C1=O)[S+]([O-])c1ccccc1. The zero-order valence-corrected chi connectivity index (χ0v) is 15.9.